The summed E-state index contributed by atoms with van der Waals surface area (Å²) in [6.07, 6.45) is 5.28. The zero-order chi connectivity index (χ0) is 14.1. The van der Waals surface area contributed by atoms with E-state index in [0.717, 1.165) is 31.4 Å². The fourth-order valence-corrected chi connectivity index (χ4v) is 3.58. The summed E-state index contributed by atoms with van der Waals surface area (Å²) >= 11 is 1.20. The van der Waals surface area contributed by atoms with Crippen molar-refractivity contribution in [3.05, 3.63) is 22.7 Å². The molecule has 4 nitrogen and oxygen atoms in total. The van der Waals surface area contributed by atoms with E-state index in [9.17, 15) is 9.90 Å². The molecule has 0 bridgehead atoms. The van der Waals surface area contributed by atoms with E-state index < -0.39 is 5.97 Å². The molecule has 0 saturated heterocycles. The lowest BCUT2D eigenvalue weighted by Gasteiger charge is -2.21. The first-order valence-electron chi connectivity index (χ1n) is 6.95. The van der Waals surface area contributed by atoms with E-state index in [2.05, 4.69) is 4.98 Å². The molecule has 2 aromatic rings. The van der Waals surface area contributed by atoms with E-state index in [1.165, 1.54) is 17.8 Å². The summed E-state index contributed by atoms with van der Waals surface area (Å²) in [4.78, 5) is 17.5. The Morgan fingerprint density at radius 1 is 1.35 bits per heavy atom. The number of aryl methyl sites for hydroxylation is 1. The number of carbonyl (C=O) groups excluding carboxylic acids is 1. The van der Waals surface area contributed by atoms with Crippen molar-refractivity contribution in [2.45, 2.75) is 45.1 Å². The van der Waals surface area contributed by atoms with Crippen LogP contribution in [0.4, 0.5) is 0 Å². The van der Waals surface area contributed by atoms with Gasteiger partial charge in [-0.2, -0.15) is 0 Å². The van der Waals surface area contributed by atoms with E-state index in [-0.39, 0.29) is 16.7 Å². The largest absolute Gasteiger partial charge is 0.505 e. The van der Waals surface area contributed by atoms with Crippen LogP contribution in [0.5, 0.6) is 5.75 Å². The fourth-order valence-electron chi connectivity index (χ4n) is 2.58. The monoisotopic (exact) mass is 291 g/mol. The number of pyridine rings is 1. The molecule has 0 spiro atoms. The fraction of sp³-hybridized carbons (Fsp3) is 0.467. The number of rotatable bonds is 2. The predicted molar refractivity (Wildman–Crippen MR) is 78.3 cm³/mol. The molecule has 1 N–H and O–H groups in total. The van der Waals surface area contributed by atoms with Gasteiger partial charge in [0, 0.05) is 5.69 Å². The van der Waals surface area contributed by atoms with Gasteiger partial charge in [0.25, 0.3) is 0 Å². The van der Waals surface area contributed by atoms with Crippen LogP contribution < -0.4 is 0 Å². The van der Waals surface area contributed by atoms with Gasteiger partial charge in [0.15, 0.2) is 10.6 Å². The second-order valence-corrected chi connectivity index (χ2v) is 6.25. The van der Waals surface area contributed by atoms with E-state index >= 15 is 0 Å². The van der Waals surface area contributed by atoms with Crippen LogP contribution in [0.3, 0.4) is 0 Å². The summed E-state index contributed by atoms with van der Waals surface area (Å²) in [5, 5.41) is 10.8. The van der Waals surface area contributed by atoms with Gasteiger partial charge >= 0.3 is 5.97 Å². The Labute approximate surface area is 121 Å². The Hall–Kier alpha value is -1.62. The van der Waals surface area contributed by atoms with Gasteiger partial charge in [-0.25, -0.2) is 9.78 Å². The first-order valence-corrected chi connectivity index (χ1v) is 7.77. The molecule has 3 rings (SSSR count). The Morgan fingerprint density at radius 3 is 2.85 bits per heavy atom. The number of aromatic nitrogens is 1. The molecule has 106 valence electrons. The zero-order valence-electron chi connectivity index (χ0n) is 11.4. The number of carbonyl (C=O) groups is 1. The summed E-state index contributed by atoms with van der Waals surface area (Å²) in [5.41, 5.74) is 0.867. The normalized spacial score (nSPS) is 16.4. The summed E-state index contributed by atoms with van der Waals surface area (Å²) in [6.45, 7) is 1.89. The van der Waals surface area contributed by atoms with Crippen LogP contribution in [0, 0.1) is 6.92 Å². The van der Waals surface area contributed by atoms with Crippen molar-refractivity contribution in [3.63, 3.8) is 0 Å². The zero-order valence-corrected chi connectivity index (χ0v) is 12.2. The van der Waals surface area contributed by atoms with E-state index in [0.29, 0.717) is 10.2 Å². The lowest BCUT2D eigenvalue weighted by atomic mass is 9.98. The third kappa shape index (κ3) is 2.50. The summed E-state index contributed by atoms with van der Waals surface area (Å²) in [7, 11) is 0. The molecular weight excluding hydrogens is 274 g/mol. The maximum absolute atomic E-state index is 12.2. The van der Waals surface area contributed by atoms with Crippen molar-refractivity contribution in [1.82, 2.24) is 4.98 Å². The number of thiophene rings is 1. The second-order valence-electron chi connectivity index (χ2n) is 5.25. The van der Waals surface area contributed by atoms with Gasteiger partial charge in [0.1, 0.15) is 10.9 Å². The SMILES string of the molecule is Cc1ccc2c(O)c(C(=O)OC3CCCCC3)sc2n1. The summed E-state index contributed by atoms with van der Waals surface area (Å²) in [6, 6.07) is 3.62. The highest BCUT2D eigenvalue weighted by atomic mass is 32.1. The van der Waals surface area contributed by atoms with Gasteiger partial charge in [-0.3, -0.25) is 0 Å². The number of ether oxygens (including phenoxy) is 1. The maximum atomic E-state index is 12.2. The molecule has 0 radical (unpaired) electrons. The highest BCUT2D eigenvalue weighted by molar-refractivity contribution is 7.20. The van der Waals surface area contributed by atoms with Crippen LogP contribution in [0.2, 0.25) is 0 Å². The minimum absolute atomic E-state index is 0.00157. The molecule has 1 aliphatic carbocycles. The van der Waals surface area contributed by atoms with Crippen LogP contribution in [0.1, 0.15) is 47.5 Å². The number of hydrogen-bond donors (Lipinski definition) is 1. The minimum Gasteiger partial charge on any atom is -0.505 e. The van der Waals surface area contributed by atoms with Crippen molar-refractivity contribution in [2.75, 3.05) is 0 Å². The van der Waals surface area contributed by atoms with Crippen molar-refractivity contribution in [3.8, 4) is 5.75 Å². The highest BCUT2D eigenvalue weighted by Gasteiger charge is 2.24. The summed E-state index contributed by atoms with van der Waals surface area (Å²) < 4.78 is 5.50. The molecule has 5 heteroatoms. The molecule has 0 aromatic carbocycles. The molecule has 0 unspecified atom stereocenters. The summed E-state index contributed by atoms with van der Waals surface area (Å²) in [5.74, 6) is -0.423. The highest BCUT2D eigenvalue weighted by Crippen LogP contribution is 2.36. The second kappa shape index (κ2) is 5.40. The average Bonchev–Trinajstić information content (AvgIpc) is 2.76. The van der Waals surface area contributed by atoms with Crippen molar-refractivity contribution >= 4 is 27.5 Å². The maximum Gasteiger partial charge on any atom is 0.352 e. The smallest absolute Gasteiger partial charge is 0.352 e. The van der Waals surface area contributed by atoms with Crippen LogP contribution in [0.15, 0.2) is 12.1 Å². The van der Waals surface area contributed by atoms with Crippen LogP contribution in [0.25, 0.3) is 10.2 Å². The van der Waals surface area contributed by atoms with Crippen LogP contribution in [-0.4, -0.2) is 22.2 Å². The molecule has 1 aliphatic rings. The number of aromatic hydroxyl groups is 1. The standard InChI is InChI=1S/C15H17NO3S/c1-9-7-8-11-12(17)13(20-14(11)16-9)15(18)19-10-5-3-2-4-6-10/h7-8,10,17H,2-6H2,1H3. The number of hydrogen-bond acceptors (Lipinski definition) is 5. The molecule has 1 saturated carbocycles. The van der Waals surface area contributed by atoms with Crippen molar-refractivity contribution < 1.29 is 14.6 Å². The quantitative estimate of drug-likeness (QED) is 0.855. The third-order valence-corrected chi connectivity index (χ3v) is 4.75. The Bertz CT molecular complexity index is 644. The molecule has 2 heterocycles. The number of nitrogens with zero attached hydrogens (tertiary/aromatic N) is 1. The Kier molecular flexibility index (Phi) is 3.61. The topological polar surface area (TPSA) is 59.4 Å². The van der Waals surface area contributed by atoms with Gasteiger partial charge in [-0.05, 0) is 44.7 Å². The number of esters is 1. The third-order valence-electron chi connectivity index (χ3n) is 3.68. The Balaban J connectivity index is 1.85. The lowest BCUT2D eigenvalue weighted by molar-refractivity contribution is 0.0214. The average molecular weight is 291 g/mol. The first-order chi connectivity index (χ1) is 9.65. The van der Waals surface area contributed by atoms with Crippen molar-refractivity contribution in [2.24, 2.45) is 0 Å². The van der Waals surface area contributed by atoms with Crippen LogP contribution in [-0.2, 0) is 4.74 Å². The van der Waals surface area contributed by atoms with E-state index in [1.807, 2.05) is 13.0 Å². The van der Waals surface area contributed by atoms with E-state index in [1.54, 1.807) is 6.07 Å². The van der Waals surface area contributed by atoms with Crippen molar-refractivity contribution in [1.29, 1.82) is 0 Å². The first kappa shape index (κ1) is 13.4. The molecule has 2 aromatic heterocycles. The minimum atomic E-state index is -0.421. The molecule has 0 atom stereocenters. The molecule has 0 amide bonds. The van der Waals surface area contributed by atoms with E-state index in [4.69, 9.17) is 4.74 Å². The van der Waals surface area contributed by atoms with Gasteiger partial charge in [-0.1, -0.05) is 6.42 Å². The van der Waals surface area contributed by atoms with Gasteiger partial charge in [-0.15, -0.1) is 11.3 Å². The molecule has 20 heavy (non-hydrogen) atoms. The molecular formula is C15H17NO3S. The predicted octanol–water partition coefficient (Wildman–Crippen LogP) is 3.80. The van der Waals surface area contributed by atoms with Gasteiger partial charge in [0.05, 0.1) is 5.39 Å². The lowest BCUT2D eigenvalue weighted by Crippen LogP contribution is -2.20. The molecule has 0 aliphatic heterocycles. The Morgan fingerprint density at radius 2 is 2.10 bits per heavy atom. The van der Waals surface area contributed by atoms with Crippen LogP contribution >= 0.6 is 11.3 Å². The van der Waals surface area contributed by atoms with Gasteiger partial charge < -0.3 is 9.84 Å². The van der Waals surface area contributed by atoms with Gasteiger partial charge in [0.2, 0.25) is 0 Å². The molecule has 1 fully saturated rings. The number of fused-ring (bicyclic) bond motifs is 1.